The lowest BCUT2D eigenvalue weighted by Gasteiger charge is -1.99. The van der Waals surface area contributed by atoms with Crippen LogP contribution < -0.4 is 5.73 Å². The maximum atomic E-state index is 10.8. The van der Waals surface area contributed by atoms with E-state index in [4.69, 9.17) is 10.3 Å². The molecule has 0 saturated carbocycles. The highest BCUT2D eigenvalue weighted by Gasteiger charge is 2.17. The number of nitrogen functional groups attached to an aromatic ring is 1. The molecule has 2 N–H and O–H groups in total. The summed E-state index contributed by atoms with van der Waals surface area (Å²) in [6.07, 6.45) is 0. The minimum Gasteiger partial charge on any atom is -0.398 e. The fourth-order valence-electron chi connectivity index (χ4n) is 1.68. The molecule has 0 radical (unpaired) electrons. The number of aromatic nitrogens is 2. The molecule has 0 spiro atoms. The van der Waals surface area contributed by atoms with Gasteiger partial charge in [-0.05, 0) is 17.5 Å². The van der Waals surface area contributed by atoms with Crippen LogP contribution in [-0.4, -0.2) is 15.1 Å². The van der Waals surface area contributed by atoms with E-state index in [9.17, 15) is 10.1 Å². The zero-order valence-electron chi connectivity index (χ0n) is 10.0. The summed E-state index contributed by atoms with van der Waals surface area (Å²) < 4.78 is 5.13. The molecule has 2 aromatic heterocycles. The highest BCUT2D eigenvalue weighted by molar-refractivity contribution is 7.13. The number of nitrogens with zero attached hydrogens (tertiary/aromatic N) is 3. The van der Waals surface area contributed by atoms with Crippen molar-refractivity contribution in [1.29, 1.82) is 0 Å². The van der Waals surface area contributed by atoms with Crippen LogP contribution in [0.5, 0.6) is 0 Å². The summed E-state index contributed by atoms with van der Waals surface area (Å²) in [5.74, 6) is 0.593. The van der Waals surface area contributed by atoms with Crippen LogP contribution in [0.4, 0.5) is 11.4 Å². The Morgan fingerprint density at radius 3 is 2.90 bits per heavy atom. The zero-order valence-corrected chi connectivity index (χ0v) is 10.8. The second-order valence-electron chi connectivity index (χ2n) is 3.93. The molecule has 0 aliphatic heterocycles. The average Bonchev–Trinajstić information content (AvgIpc) is 3.10. The Bertz CT molecular complexity index is 767. The number of nitro benzene ring substituents is 1. The topological polar surface area (TPSA) is 108 Å². The van der Waals surface area contributed by atoms with Gasteiger partial charge in [0.1, 0.15) is 0 Å². The number of hydrogen-bond donors (Lipinski definition) is 1. The molecule has 3 aromatic rings. The van der Waals surface area contributed by atoms with Crippen molar-refractivity contribution in [2.24, 2.45) is 0 Å². The van der Waals surface area contributed by atoms with Crippen LogP contribution in [0.3, 0.4) is 0 Å². The van der Waals surface area contributed by atoms with E-state index in [1.54, 1.807) is 0 Å². The third kappa shape index (κ3) is 2.12. The number of nitro groups is 1. The second kappa shape index (κ2) is 4.74. The first-order chi connectivity index (χ1) is 9.65. The fourth-order valence-corrected chi connectivity index (χ4v) is 2.33. The normalized spacial score (nSPS) is 10.6. The number of rotatable bonds is 3. The lowest BCUT2D eigenvalue weighted by Crippen LogP contribution is -1.94. The molecule has 0 unspecified atom stereocenters. The SMILES string of the molecule is Nc1ccc([N+](=O)[O-])cc1-c1nc(-c2cccs2)no1. The van der Waals surface area contributed by atoms with E-state index >= 15 is 0 Å². The molecule has 0 aliphatic carbocycles. The van der Waals surface area contributed by atoms with Gasteiger partial charge in [-0.15, -0.1) is 11.3 Å². The molecule has 20 heavy (non-hydrogen) atoms. The standard InChI is InChI=1S/C12H8N4O3S/c13-9-4-3-7(16(17)18)6-8(9)12-14-11(15-19-12)10-2-1-5-20-10/h1-6H,13H2. The van der Waals surface area contributed by atoms with E-state index < -0.39 is 4.92 Å². The Hall–Kier alpha value is -2.74. The first-order valence-corrected chi connectivity index (χ1v) is 6.45. The molecule has 0 atom stereocenters. The molecule has 100 valence electrons. The van der Waals surface area contributed by atoms with E-state index in [0.717, 1.165) is 4.88 Å². The van der Waals surface area contributed by atoms with Crippen molar-refractivity contribution in [1.82, 2.24) is 10.1 Å². The minimum absolute atomic E-state index is 0.0786. The van der Waals surface area contributed by atoms with Gasteiger partial charge in [0.05, 0.1) is 15.4 Å². The maximum absolute atomic E-state index is 10.8. The van der Waals surface area contributed by atoms with Crippen LogP contribution in [0.1, 0.15) is 0 Å². The number of non-ortho nitro benzene ring substituents is 1. The van der Waals surface area contributed by atoms with Crippen LogP contribution in [0, 0.1) is 10.1 Å². The Balaban J connectivity index is 2.05. The molecule has 0 bridgehead atoms. The lowest BCUT2D eigenvalue weighted by atomic mass is 10.1. The molecular weight excluding hydrogens is 280 g/mol. The van der Waals surface area contributed by atoms with Gasteiger partial charge in [-0.25, -0.2) is 0 Å². The predicted octanol–water partition coefficient (Wildman–Crippen LogP) is 2.96. The molecule has 0 fully saturated rings. The van der Waals surface area contributed by atoms with Gasteiger partial charge in [-0.3, -0.25) is 10.1 Å². The predicted molar refractivity (Wildman–Crippen MR) is 74.1 cm³/mol. The van der Waals surface area contributed by atoms with Gasteiger partial charge in [-0.1, -0.05) is 11.2 Å². The first kappa shape index (κ1) is 12.3. The molecule has 0 saturated heterocycles. The van der Waals surface area contributed by atoms with E-state index in [-0.39, 0.29) is 11.6 Å². The van der Waals surface area contributed by atoms with Crippen molar-refractivity contribution in [2.75, 3.05) is 5.73 Å². The van der Waals surface area contributed by atoms with Crippen LogP contribution in [0.15, 0.2) is 40.2 Å². The third-order valence-electron chi connectivity index (χ3n) is 2.65. The molecule has 7 nitrogen and oxygen atoms in total. The van der Waals surface area contributed by atoms with Crippen molar-refractivity contribution < 1.29 is 9.45 Å². The summed E-state index contributed by atoms with van der Waals surface area (Å²) in [5.41, 5.74) is 6.42. The molecule has 0 aliphatic rings. The van der Waals surface area contributed by atoms with Crippen LogP contribution >= 0.6 is 11.3 Å². The minimum atomic E-state index is -0.501. The summed E-state index contributed by atoms with van der Waals surface area (Å²) in [4.78, 5) is 15.4. The van der Waals surface area contributed by atoms with Gasteiger partial charge in [0.2, 0.25) is 5.82 Å². The molecule has 8 heteroatoms. The van der Waals surface area contributed by atoms with Crippen molar-refractivity contribution >= 4 is 22.7 Å². The van der Waals surface area contributed by atoms with E-state index in [2.05, 4.69) is 10.1 Å². The largest absolute Gasteiger partial charge is 0.398 e. The van der Waals surface area contributed by atoms with Gasteiger partial charge in [0.25, 0.3) is 11.6 Å². The molecular formula is C12H8N4O3S. The number of thiophene rings is 1. The molecule has 0 amide bonds. The average molecular weight is 288 g/mol. The Morgan fingerprint density at radius 1 is 1.35 bits per heavy atom. The summed E-state index contributed by atoms with van der Waals surface area (Å²) in [7, 11) is 0. The van der Waals surface area contributed by atoms with Gasteiger partial charge < -0.3 is 10.3 Å². The fraction of sp³-hybridized carbons (Fsp3) is 0. The van der Waals surface area contributed by atoms with E-state index in [0.29, 0.717) is 17.1 Å². The van der Waals surface area contributed by atoms with Gasteiger partial charge in [0, 0.05) is 17.8 Å². The van der Waals surface area contributed by atoms with Crippen molar-refractivity contribution in [3.8, 4) is 22.2 Å². The second-order valence-corrected chi connectivity index (χ2v) is 4.88. The number of hydrogen-bond acceptors (Lipinski definition) is 7. The van der Waals surface area contributed by atoms with Gasteiger partial charge in [0.15, 0.2) is 0 Å². The Kier molecular flexibility index (Phi) is 2.92. The van der Waals surface area contributed by atoms with Crippen molar-refractivity contribution in [2.45, 2.75) is 0 Å². The quantitative estimate of drug-likeness (QED) is 0.451. The number of nitrogens with two attached hydrogens (primary N) is 1. The monoisotopic (exact) mass is 288 g/mol. The highest BCUT2D eigenvalue weighted by atomic mass is 32.1. The third-order valence-corrected chi connectivity index (χ3v) is 3.51. The summed E-state index contributed by atoms with van der Waals surface area (Å²) >= 11 is 1.47. The van der Waals surface area contributed by atoms with E-state index in [1.807, 2.05) is 17.5 Å². The summed E-state index contributed by atoms with van der Waals surface area (Å²) in [5, 5.41) is 16.5. The van der Waals surface area contributed by atoms with Gasteiger partial charge in [-0.2, -0.15) is 4.98 Å². The zero-order chi connectivity index (χ0) is 14.1. The number of benzene rings is 1. The number of anilines is 1. The van der Waals surface area contributed by atoms with Crippen LogP contribution in [-0.2, 0) is 0 Å². The molecule has 3 rings (SSSR count). The lowest BCUT2D eigenvalue weighted by molar-refractivity contribution is -0.384. The maximum Gasteiger partial charge on any atom is 0.270 e. The van der Waals surface area contributed by atoms with E-state index in [1.165, 1.54) is 29.5 Å². The Labute approximate surface area is 116 Å². The van der Waals surface area contributed by atoms with Crippen molar-refractivity contribution in [3.05, 3.63) is 45.8 Å². The van der Waals surface area contributed by atoms with Crippen molar-refractivity contribution in [3.63, 3.8) is 0 Å². The highest BCUT2D eigenvalue weighted by Crippen LogP contribution is 2.30. The van der Waals surface area contributed by atoms with Gasteiger partial charge >= 0.3 is 0 Å². The van der Waals surface area contributed by atoms with Crippen LogP contribution in [0.25, 0.3) is 22.2 Å². The smallest absolute Gasteiger partial charge is 0.270 e. The van der Waals surface area contributed by atoms with Crippen LogP contribution in [0.2, 0.25) is 0 Å². The summed E-state index contributed by atoms with van der Waals surface area (Å²) in [6.45, 7) is 0. The molecule has 2 heterocycles. The first-order valence-electron chi connectivity index (χ1n) is 5.57. The Morgan fingerprint density at radius 2 is 2.20 bits per heavy atom. The summed E-state index contributed by atoms with van der Waals surface area (Å²) in [6, 6.07) is 7.83. The molecule has 1 aromatic carbocycles.